The van der Waals surface area contributed by atoms with Gasteiger partial charge in [-0.25, -0.2) is 4.52 Å². The normalized spacial score (nSPS) is 24.4. The zero-order valence-electron chi connectivity index (χ0n) is 26.2. The number of hydrogen-bond acceptors (Lipinski definition) is 5. The third-order valence-corrected chi connectivity index (χ3v) is 10.8. The van der Waals surface area contributed by atoms with Crippen molar-refractivity contribution in [3.05, 3.63) is 59.3 Å². The van der Waals surface area contributed by atoms with Gasteiger partial charge in [0.2, 0.25) is 5.91 Å². The van der Waals surface area contributed by atoms with Crippen LogP contribution < -0.4 is 5.73 Å². The molecule has 2 amide bonds. The number of likely N-dealkylation sites (tertiary alicyclic amines) is 2. The molecule has 2 saturated carbocycles. The second kappa shape index (κ2) is 11.3. The van der Waals surface area contributed by atoms with E-state index in [1.54, 1.807) is 0 Å². The van der Waals surface area contributed by atoms with Gasteiger partial charge in [-0.05, 0) is 81.5 Å². The lowest BCUT2D eigenvalue weighted by Gasteiger charge is -2.42. The van der Waals surface area contributed by atoms with Crippen LogP contribution in [0.5, 0.6) is 0 Å². The molecule has 3 aromatic heterocycles. The highest BCUT2D eigenvalue weighted by Crippen LogP contribution is 2.41. The van der Waals surface area contributed by atoms with Gasteiger partial charge in [-0.1, -0.05) is 24.6 Å². The maximum Gasteiger partial charge on any atom is 0.255 e. The zero-order chi connectivity index (χ0) is 30.8. The van der Waals surface area contributed by atoms with Gasteiger partial charge in [0.15, 0.2) is 0 Å². The van der Waals surface area contributed by atoms with Crippen LogP contribution in [0.15, 0.2) is 42.6 Å². The summed E-state index contributed by atoms with van der Waals surface area (Å²) in [6.45, 7) is 5.90. The van der Waals surface area contributed by atoms with E-state index < -0.39 is 0 Å². The number of hydrogen-bond donors (Lipinski definition) is 2. The number of carbonyl (C=O) groups is 2. The van der Waals surface area contributed by atoms with Gasteiger partial charge in [-0.15, -0.1) is 0 Å². The number of aliphatic hydroxyl groups excluding tert-OH is 1. The summed E-state index contributed by atoms with van der Waals surface area (Å²) in [5.74, 6) is 1.16. The van der Waals surface area contributed by atoms with Crippen molar-refractivity contribution in [3.63, 3.8) is 0 Å². The predicted molar refractivity (Wildman–Crippen MR) is 174 cm³/mol. The van der Waals surface area contributed by atoms with E-state index in [-0.39, 0.29) is 29.9 Å². The molecule has 9 heteroatoms. The van der Waals surface area contributed by atoms with E-state index in [9.17, 15) is 14.7 Å². The van der Waals surface area contributed by atoms with Crippen molar-refractivity contribution in [2.75, 3.05) is 26.2 Å². The first-order valence-electron chi connectivity index (χ1n) is 17.0. The number of aromatic nitrogens is 3. The predicted octanol–water partition coefficient (Wildman–Crippen LogP) is 4.71. The Balaban J connectivity index is 1.11. The van der Waals surface area contributed by atoms with Gasteiger partial charge < -0.3 is 25.2 Å². The van der Waals surface area contributed by atoms with Gasteiger partial charge in [-0.2, -0.15) is 5.10 Å². The number of nitrogens with zero attached hydrogens (tertiary/aromatic N) is 5. The summed E-state index contributed by atoms with van der Waals surface area (Å²) in [6.07, 6.45) is 9.16. The first-order chi connectivity index (χ1) is 21.8. The van der Waals surface area contributed by atoms with Crippen LogP contribution in [-0.2, 0) is 11.3 Å². The topological polar surface area (TPSA) is 109 Å². The van der Waals surface area contributed by atoms with Gasteiger partial charge in [0.25, 0.3) is 5.91 Å². The Morgan fingerprint density at radius 1 is 1.00 bits per heavy atom. The van der Waals surface area contributed by atoms with Crippen molar-refractivity contribution < 1.29 is 14.7 Å². The number of nitrogens with two attached hydrogens (primary N) is 1. The molecule has 236 valence electrons. The fraction of sp³-hybridized carbons (Fsp3) is 0.528. The van der Waals surface area contributed by atoms with E-state index in [1.807, 2.05) is 32.6 Å². The van der Waals surface area contributed by atoms with Crippen LogP contribution in [0.3, 0.4) is 0 Å². The summed E-state index contributed by atoms with van der Waals surface area (Å²) in [7, 11) is 0. The number of piperidine rings is 1. The Morgan fingerprint density at radius 3 is 2.62 bits per heavy atom. The number of aliphatic hydroxyl groups is 1. The number of para-hydroxylation sites is 1. The molecular formula is C36H44N6O3. The summed E-state index contributed by atoms with van der Waals surface area (Å²) in [5, 5.41) is 16.4. The minimum Gasteiger partial charge on any atom is -0.393 e. The molecule has 8 rings (SSSR count). The maximum absolute atomic E-state index is 13.3. The third-order valence-electron chi connectivity index (χ3n) is 10.8. The van der Waals surface area contributed by atoms with Crippen molar-refractivity contribution in [1.82, 2.24) is 24.0 Å². The zero-order valence-corrected chi connectivity index (χ0v) is 26.2. The molecule has 9 nitrogen and oxygen atoms in total. The van der Waals surface area contributed by atoms with Crippen LogP contribution in [-0.4, -0.2) is 79.2 Å². The van der Waals surface area contributed by atoms with Gasteiger partial charge in [-0.3, -0.25) is 9.59 Å². The van der Waals surface area contributed by atoms with E-state index in [2.05, 4.69) is 35.8 Å². The Labute approximate surface area is 264 Å². The van der Waals surface area contributed by atoms with E-state index in [4.69, 9.17) is 10.8 Å². The highest BCUT2D eigenvalue weighted by atomic mass is 16.3. The van der Waals surface area contributed by atoms with Crippen LogP contribution >= 0.6 is 0 Å². The minimum atomic E-state index is -0.341. The van der Waals surface area contributed by atoms with Gasteiger partial charge in [0.1, 0.15) is 5.69 Å². The number of benzene rings is 1. The molecule has 45 heavy (non-hydrogen) atoms. The Hall–Kier alpha value is -3.69. The Bertz CT molecular complexity index is 1780. The van der Waals surface area contributed by atoms with E-state index in [1.165, 1.54) is 29.3 Å². The summed E-state index contributed by atoms with van der Waals surface area (Å²) >= 11 is 0. The lowest BCUT2D eigenvalue weighted by Crippen LogP contribution is -2.51. The van der Waals surface area contributed by atoms with Gasteiger partial charge >= 0.3 is 0 Å². The third kappa shape index (κ3) is 5.23. The average Bonchev–Trinajstić information content (AvgIpc) is 3.68. The summed E-state index contributed by atoms with van der Waals surface area (Å²) < 4.78 is 4.36. The average molecular weight is 609 g/mol. The molecule has 4 aromatic rings. The second-order valence-electron chi connectivity index (χ2n) is 14.2. The molecule has 0 radical (unpaired) electrons. The summed E-state index contributed by atoms with van der Waals surface area (Å²) in [5.41, 5.74) is 13.5. The lowest BCUT2D eigenvalue weighted by atomic mass is 9.83. The number of fused-ring (bicyclic) bond motifs is 2. The van der Waals surface area contributed by atoms with Gasteiger partial charge in [0, 0.05) is 67.7 Å². The molecule has 1 aromatic carbocycles. The van der Waals surface area contributed by atoms with E-state index in [0.717, 1.165) is 80.8 Å². The molecule has 3 atom stereocenters. The van der Waals surface area contributed by atoms with Crippen LogP contribution in [0, 0.1) is 18.8 Å². The monoisotopic (exact) mass is 608 g/mol. The number of rotatable bonds is 6. The van der Waals surface area contributed by atoms with Crippen LogP contribution in [0.4, 0.5) is 0 Å². The number of carbonyl (C=O) groups excluding carboxylic acids is 2. The molecule has 5 heterocycles. The first kappa shape index (κ1) is 28.8. The first-order valence-corrected chi connectivity index (χ1v) is 17.0. The maximum atomic E-state index is 13.3. The van der Waals surface area contributed by atoms with Crippen molar-refractivity contribution in [2.45, 2.75) is 82.9 Å². The second-order valence-corrected chi connectivity index (χ2v) is 14.2. The van der Waals surface area contributed by atoms with Crippen molar-refractivity contribution in [2.24, 2.45) is 17.6 Å². The molecule has 2 saturated heterocycles. The Kier molecular flexibility index (Phi) is 7.21. The number of pyridine rings is 1. The van der Waals surface area contributed by atoms with Crippen molar-refractivity contribution >= 4 is 28.2 Å². The number of aryl methyl sites for hydroxylation is 1. The smallest absolute Gasteiger partial charge is 0.255 e. The van der Waals surface area contributed by atoms with Crippen LogP contribution in [0.25, 0.3) is 27.8 Å². The highest BCUT2D eigenvalue weighted by Gasteiger charge is 2.38. The fourth-order valence-electron chi connectivity index (χ4n) is 8.05. The molecule has 3 N–H and O–H groups in total. The van der Waals surface area contributed by atoms with Crippen LogP contribution in [0.2, 0.25) is 0 Å². The summed E-state index contributed by atoms with van der Waals surface area (Å²) in [6, 6.07) is 12.8. The Morgan fingerprint density at radius 2 is 1.84 bits per heavy atom. The molecule has 2 aliphatic carbocycles. The molecule has 0 bridgehead atoms. The largest absolute Gasteiger partial charge is 0.393 e. The molecule has 0 spiro atoms. The summed E-state index contributed by atoms with van der Waals surface area (Å²) in [4.78, 5) is 30.5. The van der Waals surface area contributed by atoms with Gasteiger partial charge in [0.05, 0.1) is 28.4 Å². The molecular weight excluding hydrogens is 564 g/mol. The van der Waals surface area contributed by atoms with Crippen molar-refractivity contribution in [1.29, 1.82) is 0 Å². The SMILES string of the molecule is Cc1c(-c2cc3cccc(C4CN(C(=O)[C@H]5CCC[C@@H](O)C5)C4)c3n2CC2CC2)nn2cc(C(=O)N3CCC[C@@H](N)C3)ccc12. The lowest BCUT2D eigenvalue weighted by molar-refractivity contribution is -0.142. The number of amides is 2. The molecule has 4 aliphatic rings. The molecule has 4 fully saturated rings. The molecule has 2 aliphatic heterocycles. The quantitative estimate of drug-likeness (QED) is 0.330. The highest BCUT2D eigenvalue weighted by molar-refractivity contribution is 5.95. The molecule has 0 unspecified atom stereocenters. The van der Waals surface area contributed by atoms with Crippen molar-refractivity contribution in [3.8, 4) is 11.4 Å². The standard InChI is InChI=1S/C36H44N6O3/c1-22-31-13-12-26(36(45)39-14-4-7-28(37)21-39)20-42(31)38-33(22)32-16-24-5-3-9-30(34(24)41(32)17-23-10-11-23)27-18-40(19-27)35(44)25-6-2-8-29(43)15-25/h3,5,9,12-13,16,20,23,25,27-29,43H,2,4,6-8,10-11,14-15,17-19,21,37H2,1H3/t25-,28+,29+/m0/s1. The minimum absolute atomic E-state index is 0.0157. The van der Waals surface area contributed by atoms with E-state index in [0.29, 0.717) is 30.4 Å². The fourth-order valence-corrected chi connectivity index (χ4v) is 8.05. The van der Waals surface area contributed by atoms with Crippen LogP contribution in [0.1, 0.15) is 78.8 Å². The van der Waals surface area contributed by atoms with E-state index >= 15 is 0 Å².